The van der Waals surface area contributed by atoms with Gasteiger partial charge in [0.1, 0.15) is 5.78 Å². The van der Waals surface area contributed by atoms with Crippen molar-refractivity contribution in [2.45, 2.75) is 53.4 Å². The molecule has 0 amide bonds. The molecule has 1 saturated heterocycles. The van der Waals surface area contributed by atoms with E-state index in [1.54, 1.807) is 0 Å². The number of carbonyl (C=O) groups excluding carboxylic acids is 2. The van der Waals surface area contributed by atoms with Crippen LogP contribution in [-0.2, 0) is 11.2 Å². The average molecular weight is 545 g/mol. The standard InChI is InChI=1S/C37H40N2O2/c1-5-7-32(40)20-35-25(3)22-39(23-26(35)4)31-16-12-27(13-17-31)19-30-18-24(2)36-33(8-6-9-34(36)37(30)41)29-14-10-28(21-38)11-15-29/h6,8-18,25-26,30,35H,5,7,19-20,22-23H2,1-4H3. The Morgan fingerprint density at radius 1 is 0.951 bits per heavy atom. The van der Waals surface area contributed by atoms with Gasteiger partial charge in [0.25, 0.3) is 0 Å². The van der Waals surface area contributed by atoms with Crippen LogP contribution < -0.4 is 4.90 Å². The maximum absolute atomic E-state index is 13.7. The molecule has 3 atom stereocenters. The van der Waals surface area contributed by atoms with Gasteiger partial charge in [0.2, 0.25) is 0 Å². The van der Waals surface area contributed by atoms with E-state index in [0.717, 1.165) is 52.9 Å². The Morgan fingerprint density at radius 2 is 1.61 bits per heavy atom. The molecule has 3 unspecified atom stereocenters. The topological polar surface area (TPSA) is 61.2 Å². The van der Waals surface area contributed by atoms with E-state index in [-0.39, 0.29) is 11.7 Å². The molecule has 3 aromatic carbocycles. The van der Waals surface area contributed by atoms with Crippen LogP contribution in [0.5, 0.6) is 0 Å². The Kier molecular flexibility index (Phi) is 8.54. The van der Waals surface area contributed by atoms with E-state index in [4.69, 9.17) is 5.26 Å². The number of hydrogen-bond acceptors (Lipinski definition) is 4. The number of Topliss-reactive ketones (excluding diaryl/α,β-unsaturated/α-hetero) is 2. The highest BCUT2D eigenvalue weighted by Gasteiger charge is 2.33. The van der Waals surface area contributed by atoms with Crippen LogP contribution in [0, 0.1) is 35.0 Å². The van der Waals surface area contributed by atoms with Gasteiger partial charge < -0.3 is 4.90 Å². The molecular weight excluding hydrogens is 504 g/mol. The fourth-order valence-corrected chi connectivity index (χ4v) is 6.91. The Hall–Kier alpha value is -3.97. The summed E-state index contributed by atoms with van der Waals surface area (Å²) in [5.74, 6) is 1.78. The first kappa shape index (κ1) is 28.6. The van der Waals surface area contributed by atoms with Gasteiger partial charge in [-0.25, -0.2) is 0 Å². The maximum atomic E-state index is 13.7. The van der Waals surface area contributed by atoms with Crippen molar-refractivity contribution in [2.24, 2.45) is 23.7 Å². The summed E-state index contributed by atoms with van der Waals surface area (Å²) < 4.78 is 0. The summed E-state index contributed by atoms with van der Waals surface area (Å²) in [7, 11) is 0. The molecule has 41 heavy (non-hydrogen) atoms. The van der Waals surface area contributed by atoms with Gasteiger partial charge in [-0.1, -0.05) is 69.3 Å². The summed E-state index contributed by atoms with van der Waals surface area (Å²) in [5.41, 5.74) is 7.92. The van der Waals surface area contributed by atoms with Crippen molar-refractivity contribution in [1.82, 2.24) is 0 Å². The fraction of sp³-hybridized carbons (Fsp3) is 0.378. The number of allylic oxidation sites excluding steroid dienone is 2. The van der Waals surface area contributed by atoms with Gasteiger partial charge in [-0.05, 0) is 89.6 Å². The van der Waals surface area contributed by atoms with Crippen LogP contribution in [0.1, 0.15) is 74.0 Å². The molecule has 5 rings (SSSR count). The second-order valence-corrected chi connectivity index (χ2v) is 12.1. The average Bonchev–Trinajstić information content (AvgIpc) is 2.97. The zero-order chi connectivity index (χ0) is 29.1. The highest BCUT2D eigenvalue weighted by molar-refractivity contribution is 6.08. The third-order valence-corrected chi connectivity index (χ3v) is 9.07. The van der Waals surface area contributed by atoms with Crippen molar-refractivity contribution in [3.63, 3.8) is 0 Å². The number of piperidine rings is 1. The van der Waals surface area contributed by atoms with E-state index < -0.39 is 0 Å². The molecule has 0 radical (unpaired) electrons. The molecule has 1 heterocycles. The van der Waals surface area contributed by atoms with Crippen LogP contribution in [0.3, 0.4) is 0 Å². The first-order valence-corrected chi connectivity index (χ1v) is 15.0. The van der Waals surface area contributed by atoms with Gasteiger partial charge in [0.15, 0.2) is 5.78 Å². The van der Waals surface area contributed by atoms with Crippen molar-refractivity contribution in [3.05, 3.63) is 95.1 Å². The zero-order valence-corrected chi connectivity index (χ0v) is 24.7. The van der Waals surface area contributed by atoms with E-state index in [2.05, 4.69) is 75.1 Å². The van der Waals surface area contributed by atoms with Gasteiger partial charge in [-0.3, -0.25) is 9.59 Å². The van der Waals surface area contributed by atoms with Crippen LogP contribution in [0.2, 0.25) is 0 Å². The second kappa shape index (κ2) is 12.3. The number of benzene rings is 3. The monoisotopic (exact) mass is 544 g/mol. The number of carbonyl (C=O) groups is 2. The number of rotatable bonds is 8. The molecule has 0 bridgehead atoms. The second-order valence-electron chi connectivity index (χ2n) is 12.1. The lowest BCUT2D eigenvalue weighted by Crippen LogP contribution is -2.45. The van der Waals surface area contributed by atoms with Gasteiger partial charge in [0, 0.05) is 43.1 Å². The normalized spacial score (nSPS) is 22.1. The van der Waals surface area contributed by atoms with E-state index in [9.17, 15) is 9.59 Å². The maximum Gasteiger partial charge on any atom is 0.170 e. The van der Waals surface area contributed by atoms with E-state index >= 15 is 0 Å². The largest absolute Gasteiger partial charge is 0.371 e. The highest BCUT2D eigenvalue weighted by Crippen LogP contribution is 2.38. The summed E-state index contributed by atoms with van der Waals surface area (Å²) in [4.78, 5) is 28.4. The number of nitriles is 1. The molecule has 1 aliphatic carbocycles. The molecule has 0 spiro atoms. The van der Waals surface area contributed by atoms with E-state index in [1.165, 1.54) is 5.69 Å². The summed E-state index contributed by atoms with van der Waals surface area (Å²) in [5, 5.41) is 9.15. The van der Waals surface area contributed by atoms with Crippen LogP contribution in [0.15, 0.2) is 72.8 Å². The Labute approximate surface area is 244 Å². The molecule has 2 aliphatic rings. The molecule has 4 heteroatoms. The van der Waals surface area contributed by atoms with E-state index in [1.807, 2.05) is 36.4 Å². The number of anilines is 1. The fourth-order valence-electron chi connectivity index (χ4n) is 6.91. The number of hydrogen-bond donors (Lipinski definition) is 0. The van der Waals surface area contributed by atoms with Crippen LogP contribution >= 0.6 is 0 Å². The summed E-state index contributed by atoms with van der Waals surface area (Å²) in [6.45, 7) is 10.7. The molecule has 4 nitrogen and oxygen atoms in total. The summed E-state index contributed by atoms with van der Waals surface area (Å²) >= 11 is 0. The lowest BCUT2D eigenvalue weighted by molar-refractivity contribution is -0.120. The van der Waals surface area contributed by atoms with Crippen LogP contribution in [0.25, 0.3) is 16.7 Å². The minimum absolute atomic E-state index is 0.160. The van der Waals surface area contributed by atoms with Crippen molar-refractivity contribution in [2.75, 3.05) is 18.0 Å². The Bertz CT molecular complexity index is 1480. The lowest BCUT2D eigenvalue weighted by atomic mass is 9.76. The first-order valence-electron chi connectivity index (χ1n) is 15.0. The van der Waals surface area contributed by atoms with Gasteiger partial charge in [-0.2, -0.15) is 5.26 Å². The van der Waals surface area contributed by atoms with Crippen molar-refractivity contribution in [1.29, 1.82) is 5.26 Å². The first-order chi connectivity index (χ1) is 19.8. The minimum atomic E-state index is -0.194. The Balaban J connectivity index is 1.28. The number of fused-ring (bicyclic) bond motifs is 1. The zero-order valence-electron chi connectivity index (χ0n) is 24.7. The molecule has 3 aromatic rings. The third-order valence-electron chi connectivity index (χ3n) is 9.07. The smallest absolute Gasteiger partial charge is 0.170 e. The summed E-state index contributed by atoms with van der Waals surface area (Å²) in [6, 6.07) is 24.4. The van der Waals surface area contributed by atoms with Gasteiger partial charge >= 0.3 is 0 Å². The van der Waals surface area contributed by atoms with Crippen molar-refractivity contribution >= 4 is 22.8 Å². The highest BCUT2D eigenvalue weighted by atomic mass is 16.1. The molecule has 1 aliphatic heterocycles. The third kappa shape index (κ3) is 6.05. The molecule has 0 saturated carbocycles. The Morgan fingerprint density at radius 3 is 2.24 bits per heavy atom. The number of ketones is 2. The SMILES string of the molecule is CCCC(=O)CC1C(C)CN(c2ccc(CC3C=C(C)c4c(cccc4-c4ccc(C#N)cc4)C3=O)cc2)CC1C. The van der Waals surface area contributed by atoms with E-state index in [0.29, 0.717) is 48.4 Å². The predicted molar refractivity (Wildman–Crippen MR) is 167 cm³/mol. The molecule has 0 N–H and O–H groups in total. The predicted octanol–water partition coefficient (Wildman–Crippen LogP) is 8.15. The molecule has 0 aromatic heterocycles. The van der Waals surface area contributed by atoms with Crippen molar-refractivity contribution < 1.29 is 9.59 Å². The molecule has 210 valence electrons. The van der Waals surface area contributed by atoms with Gasteiger partial charge in [-0.15, -0.1) is 0 Å². The molecule has 1 fully saturated rings. The van der Waals surface area contributed by atoms with Gasteiger partial charge in [0.05, 0.1) is 11.6 Å². The molecular formula is C37H40N2O2. The van der Waals surface area contributed by atoms with Crippen LogP contribution in [-0.4, -0.2) is 24.7 Å². The summed E-state index contributed by atoms with van der Waals surface area (Å²) in [6.07, 6.45) is 5.14. The van der Waals surface area contributed by atoms with Crippen LogP contribution in [0.4, 0.5) is 5.69 Å². The number of nitrogens with zero attached hydrogens (tertiary/aromatic N) is 2. The minimum Gasteiger partial charge on any atom is -0.371 e. The van der Waals surface area contributed by atoms with Crippen molar-refractivity contribution in [3.8, 4) is 17.2 Å². The lowest BCUT2D eigenvalue weighted by Gasteiger charge is -2.42. The quantitative estimate of drug-likeness (QED) is 0.287.